The van der Waals surface area contributed by atoms with Gasteiger partial charge in [0.1, 0.15) is 0 Å². The van der Waals surface area contributed by atoms with E-state index >= 15 is 0 Å². The van der Waals surface area contributed by atoms with E-state index in [1.165, 1.54) is 0 Å². The van der Waals surface area contributed by atoms with Crippen LogP contribution in [0.3, 0.4) is 0 Å². The lowest BCUT2D eigenvalue weighted by Crippen LogP contribution is -2.26. The fourth-order valence-electron chi connectivity index (χ4n) is 1.78. The van der Waals surface area contributed by atoms with E-state index in [1.807, 2.05) is 48.5 Å². The van der Waals surface area contributed by atoms with Crippen molar-refractivity contribution in [1.82, 2.24) is 0 Å². The van der Waals surface area contributed by atoms with Crippen molar-refractivity contribution >= 4 is 5.97 Å². The van der Waals surface area contributed by atoms with Gasteiger partial charge in [0.05, 0.1) is 29.8 Å². The van der Waals surface area contributed by atoms with Crippen molar-refractivity contribution < 1.29 is 29.5 Å². The topological polar surface area (TPSA) is 74.2 Å². The molecular weight excluding hydrogens is 300 g/mol. The summed E-state index contributed by atoms with van der Waals surface area (Å²) in [5, 5.41) is 9.31. The van der Waals surface area contributed by atoms with E-state index < -0.39 is 17.5 Å². The van der Waals surface area contributed by atoms with Crippen molar-refractivity contribution in [2.45, 2.75) is 91.5 Å². The lowest BCUT2D eigenvalue weighted by molar-refractivity contribution is -0.371. The lowest BCUT2D eigenvalue weighted by Gasteiger charge is -2.23. The summed E-state index contributed by atoms with van der Waals surface area (Å²) < 4.78 is 0. The van der Waals surface area contributed by atoms with Gasteiger partial charge in [-0.05, 0) is 67.7 Å². The third-order valence-electron chi connectivity index (χ3n) is 2.77. The molecule has 0 aromatic heterocycles. The van der Waals surface area contributed by atoms with Crippen LogP contribution in [-0.4, -0.2) is 35.0 Å². The highest BCUT2D eigenvalue weighted by molar-refractivity contribution is 5.69. The van der Waals surface area contributed by atoms with E-state index in [2.05, 4.69) is 0 Å². The summed E-state index contributed by atoms with van der Waals surface area (Å²) >= 11 is 0. The minimum absolute atomic E-state index is 0.268. The third kappa shape index (κ3) is 14.6. The van der Waals surface area contributed by atoms with Gasteiger partial charge >= 0.3 is 5.97 Å². The van der Waals surface area contributed by atoms with E-state index in [1.54, 1.807) is 0 Å². The Hall–Kier alpha value is -0.690. The molecule has 0 radical (unpaired) electrons. The van der Waals surface area contributed by atoms with Crippen LogP contribution >= 0.6 is 0 Å². The Bertz CT molecular complexity index is 329. The Morgan fingerprint density at radius 1 is 1.00 bits per heavy atom. The highest BCUT2D eigenvalue weighted by Gasteiger charge is 2.22. The fourth-order valence-corrected chi connectivity index (χ4v) is 1.78. The summed E-state index contributed by atoms with van der Waals surface area (Å²) in [6.07, 6.45) is 2.25. The van der Waals surface area contributed by atoms with Crippen molar-refractivity contribution in [3.8, 4) is 0 Å². The maximum atomic E-state index is 11.3. The molecule has 0 aliphatic heterocycles. The van der Waals surface area contributed by atoms with Crippen molar-refractivity contribution in [2.75, 3.05) is 6.61 Å². The van der Waals surface area contributed by atoms with Crippen LogP contribution < -0.4 is 0 Å². The molecule has 0 fully saturated rings. The molecule has 0 aliphatic carbocycles. The zero-order valence-electron chi connectivity index (χ0n) is 15.7. The summed E-state index contributed by atoms with van der Waals surface area (Å²) in [6, 6.07) is 0. The van der Waals surface area contributed by atoms with Crippen molar-refractivity contribution in [2.24, 2.45) is 5.92 Å². The summed E-state index contributed by atoms with van der Waals surface area (Å²) in [6.45, 7) is 13.7. The molecule has 0 amide bonds. The molecule has 0 heterocycles. The number of rotatable bonds is 11. The van der Waals surface area contributed by atoms with Crippen molar-refractivity contribution in [3.05, 3.63) is 0 Å². The van der Waals surface area contributed by atoms with E-state index in [9.17, 15) is 9.90 Å². The molecule has 0 saturated carbocycles. The van der Waals surface area contributed by atoms with Crippen LogP contribution in [0.25, 0.3) is 0 Å². The summed E-state index contributed by atoms with van der Waals surface area (Å²) in [4.78, 5) is 32.1. The molecule has 2 unspecified atom stereocenters. The second-order valence-electron chi connectivity index (χ2n) is 7.89. The molecule has 1 N–H and O–H groups in total. The van der Waals surface area contributed by atoms with Gasteiger partial charge in [-0.2, -0.15) is 0 Å². The smallest absolute Gasteiger partial charge is 0.306 e. The van der Waals surface area contributed by atoms with E-state index in [0.29, 0.717) is 19.4 Å². The van der Waals surface area contributed by atoms with Gasteiger partial charge in [-0.25, -0.2) is 19.6 Å². The standard InChI is InChI=1S/C17H34O6/c1-13(21-23-17(5,6)7)12-14(15(18)19)10-8-9-11-20-22-16(2,3)4/h13-14H,8-12H2,1-7H3,(H,18,19). The van der Waals surface area contributed by atoms with E-state index in [-0.39, 0.29) is 11.7 Å². The molecule has 0 aromatic rings. The zero-order chi connectivity index (χ0) is 18.1. The summed E-state index contributed by atoms with van der Waals surface area (Å²) in [7, 11) is 0. The van der Waals surface area contributed by atoms with Gasteiger partial charge in [-0.3, -0.25) is 4.79 Å². The van der Waals surface area contributed by atoms with Crippen LogP contribution in [0, 0.1) is 5.92 Å². The molecule has 0 saturated heterocycles. The number of hydrogen-bond donors (Lipinski definition) is 1. The first-order chi connectivity index (χ1) is 10.4. The number of aliphatic carboxylic acids is 1. The molecule has 6 heteroatoms. The average Bonchev–Trinajstić information content (AvgIpc) is 2.36. The Balaban J connectivity index is 3.97. The molecule has 138 valence electrons. The van der Waals surface area contributed by atoms with Crippen LogP contribution in [0.15, 0.2) is 0 Å². The number of carboxylic acids is 1. The number of hydrogen-bond acceptors (Lipinski definition) is 5. The Labute approximate surface area is 140 Å². The second kappa shape index (κ2) is 10.2. The molecule has 0 aromatic carbocycles. The van der Waals surface area contributed by atoms with Crippen LogP contribution in [-0.2, 0) is 24.3 Å². The molecule has 0 aliphatic rings. The van der Waals surface area contributed by atoms with Crippen LogP contribution in [0.1, 0.15) is 74.1 Å². The van der Waals surface area contributed by atoms with Gasteiger partial charge in [0, 0.05) is 0 Å². The van der Waals surface area contributed by atoms with Gasteiger partial charge in [-0.1, -0.05) is 6.42 Å². The highest BCUT2D eigenvalue weighted by atomic mass is 17.2. The average molecular weight is 334 g/mol. The molecule has 0 rings (SSSR count). The molecule has 0 spiro atoms. The lowest BCUT2D eigenvalue weighted by atomic mass is 9.96. The predicted octanol–water partition coefficient (Wildman–Crippen LogP) is 4.13. The first-order valence-electron chi connectivity index (χ1n) is 8.28. The normalized spacial score (nSPS) is 15.4. The van der Waals surface area contributed by atoms with Crippen LogP contribution in [0.2, 0.25) is 0 Å². The minimum atomic E-state index is -0.803. The largest absolute Gasteiger partial charge is 0.481 e. The number of unbranched alkanes of at least 4 members (excludes halogenated alkanes) is 1. The molecule has 6 nitrogen and oxygen atoms in total. The fraction of sp³-hybridized carbons (Fsp3) is 0.941. The Morgan fingerprint density at radius 2 is 1.57 bits per heavy atom. The molecule has 0 bridgehead atoms. The van der Waals surface area contributed by atoms with Gasteiger partial charge in [-0.15, -0.1) is 0 Å². The summed E-state index contributed by atoms with van der Waals surface area (Å²) in [5.41, 5.74) is -0.735. The third-order valence-corrected chi connectivity index (χ3v) is 2.77. The van der Waals surface area contributed by atoms with Gasteiger partial charge in [0.15, 0.2) is 0 Å². The first-order valence-corrected chi connectivity index (χ1v) is 8.28. The second-order valence-corrected chi connectivity index (χ2v) is 7.89. The SMILES string of the molecule is CC(CC(CCCCOOC(C)(C)C)C(=O)O)OOC(C)(C)C. The number of carboxylic acid groups (broad SMARTS) is 1. The number of carbonyl (C=O) groups is 1. The van der Waals surface area contributed by atoms with Crippen LogP contribution in [0.5, 0.6) is 0 Å². The quantitative estimate of drug-likeness (QED) is 0.348. The van der Waals surface area contributed by atoms with Crippen molar-refractivity contribution in [1.29, 1.82) is 0 Å². The summed E-state index contributed by atoms with van der Waals surface area (Å²) in [5.74, 6) is -1.25. The Morgan fingerprint density at radius 3 is 2.04 bits per heavy atom. The zero-order valence-corrected chi connectivity index (χ0v) is 15.7. The maximum Gasteiger partial charge on any atom is 0.306 e. The molecule has 2 atom stereocenters. The Kier molecular flexibility index (Phi) is 9.93. The first kappa shape index (κ1) is 22.3. The minimum Gasteiger partial charge on any atom is -0.481 e. The van der Waals surface area contributed by atoms with Gasteiger partial charge < -0.3 is 5.11 Å². The van der Waals surface area contributed by atoms with E-state index in [4.69, 9.17) is 19.6 Å². The van der Waals surface area contributed by atoms with Gasteiger partial charge in [0.2, 0.25) is 0 Å². The monoisotopic (exact) mass is 334 g/mol. The molecular formula is C17H34O6. The van der Waals surface area contributed by atoms with Crippen molar-refractivity contribution in [3.63, 3.8) is 0 Å². The van der Waals surface area contributed by atoms with Crippen LogP contribution in [0.4, 0.5) is 0 Å². The van der Waals surface area contributed by atoms with E-state index in [0.717, 1.165) is 12.8 Å². The highest BCUT2D eigenvalue weighted by Crippen LogP contribution is 2.19. The predicted molar refractivity (Wildman–Crippen MR) is 87.8 cm³/mol. The maximum absolute atomic E-state index is 11.3. The van der Waals surface area contributed by atoms with Gasteiger partial charge in [0.25, 0.3) is 0 Å². The molecule has 23 heavy (non-hydrogen) atoms.